The molecule has 14 nitrogen and oxygen atoms in total. The van der Waals surface area contributed by atoms with Crippen molar-refractivity contribution in [2.75, 3.05) is 5.32 Å². The molecule has 342 valence electrons. The maximum absolute atomic E-state index is 14.7. The molecule has 1 unspecified atom stereocenters. The molecule has 1 aromatic heterocycles. The molecular weight excluding hydrogens is 869 g/mol. The van der Waals surface area contributed by atoms with E-state index in [1.807, 2.05) is 72.1 Å². The monoisotopic (exact) mass is 918 g/mol. The molecule has 0 saturated heterocycles. The van der Waals surface area contributed by atoms with E-state index in [0.717, 1.165) is 16.0 Å². The first-order valence-corrected chi connectivity index (χ1v) is 22.7. The van der Waals surface area contributed by atoms with Gasteiger partial charge in [0.25, 0.3) is 0 Å². The van der Waals surface area contributed by atoms with Gasteiger partial charge in [0, 0.05) is 49.1 Å². The van der Waals surface area contributed by atoms with Crippen LogP contribution >= 0.6 is 11.3 Å². The zero-order valence-corrected chi connectivity index (χ0v) is 37.2. The molecular formula is C52H50N6O8S. The summed E-state index contributed by atoms with van der Waals surface area (Å²) < 4.78 is 0. The van der Waals surface area contributed by atoms with Gasteiger partial charge in [-0.1, -0.05) is 133 Å². The molecule has 5 aromatic carbocycles. The van der Waals surface area contributed by atoms with E-state index in [9.17, 15) is 38.7 Å². The Morgan fingerprint density at radius 3 is 1.66 bits per heavy atom. The zero-order valence-electron chi connectivity index (χ0n) is 36.4. The SMILES string of the molecule is O=C1CCC(=O)N[C@H](Cc2cccs2)C(=O)N[C@@H](Cc2ccc(-c3ccccc3)cc2)C(=O)N[C@H](Cc2ccccc2)C(=O)NC(C(=O)N[C@@H](Cc2ccccc2)C(=O)O)c2ccc(cc2)N1. The van der Waals surface area contributed by atoms with Gasteiger partial charge in [0.1, 0.15) is 30.2 Å². The third kappa shape index (κ3) is 13.6. The Hall–Kier alpha value is -7.91. The summed E-state index contributed by atoms with van der Waals surface area (Å²) in [4.78, 5) is 97.8. The second kappa shape index (κ2) is 22.8. The summed E-state index contributed by atoms with van der Waals surface area (Å²) in [5.41, 5.74) is 4.50. The molecule has 67 heavy (non-hydrogen) atoms. The number of nitrogens with one attached hydrogen (secondary N) is 6. The summed E-state index contributed by atoms with van der Waals surface area (Å²) in [6.07, 6.45) is -0.473. The molecule has 15 heteroatoms. The van der Waals surface area contributed by atoms with Crippen LogP contribution in [0.2, 0.25) is 0 Å². The van der Waals surface area contributed by atoms with Crippen molar-refractivity contribution in [3.63, 3.8) is 0 Å². The van der Waals surface area contributed by atoms with Crippen LogP contribution in [0.25, 0.3) is 11.1 Å². The van der Waals surface area contributed by atoms with Gasteiger partial charge in [0.15, 0.2) is 0 Å². The van der Waals surface area contributed by atoms with E-state index < -0.39 is 71.6 Å². The molecule has 2 bridgehead atoms. The van der Waals surface area contributed by atoms with Crippen molar-refractivity contribution >= 4 is 58.4 Å². The van der Waals surface area contributed by atoms with Gasteiger partial charge >= 0.3 is 5.97 Å². The smallest absolute Gasteiger partial charge is 0.326 e. The molecule has 0 fully saturated rings. The van der Waals surface area contributed by atoms with Crippen molar-refractivity contribution in [1.82, 2.24) is 26.6 Å². The largest absolute Gasteiger partial charge is 0.480 e. The standard InChI is InChI=1S/C52H50N6O8S/c59-45-26-27-46(60)54-43(32-40-17-10-28-67-40)49(62)55-41(30-35-18-20-37(21-19-35)36-15-8-3-9-16-36)48(61)56-42(29-33-11-4-1-5-12-33)50(63)58-47(38-22-24-39(53-45)25-23-38)51(64)57-44(52(65)66)31-34-13-6-2-7-14-34/h1-25,28,41-44,47H,26-27,29-32H2,(H,53,59)(H,54,60)(H,55,62)(H,56,61)(H,57,64)(H,58,63)(H,65,66)/t41-,42+,43+,44-,47?/m0/s1. The fourth-order valence-corrected chi connectivity index (χ4v) is 8.43. The second-order valence-electron chi connectivity index (χ2n) is 16.2. The molecule has 2 aliphatic heterocycles. The molecule has 5 atom stereocenters. The van der Waals surface area contributed by atoms with Gasteiger partial charge in [-0.15, -0.1) is 11.3 Å². The van der Waals surface area contributed by atoms with Gasteiger partial charge in [-0.2, -0.15) is 0 Å². The van der Waals surface area contributed by atoms with Crippen LogP contribution in [0, 0.1) is 0 Å². The predicted octanol–water partition coefficient (Wildman–Crippen LogP) is 5.30. The average molecular weight is 919 g/mol. The molecule has 0 saturated carbocycles. The van der Waals surface area contributed by atoms with E-state index in [0.29, 0.717) is 22.4 Å². The number of carbonyl (C=O) groups is 7. The fourth-order valence-electron chi connectivity index (χ4n) is 7.68. The maximum Gasteiger partial charge on any atom is 0.326 e. The van der Waals surface area contributed by atoms with Crippen LogP contribution in [0.5, 0.6) is 0 Å². The molecule has 0 aliphatic carbocycles. The summed E-state index contributed by atoms with van der Waals surface area (Å²) in [5.74, 6) is -5.35. The van der Waals surface area contributed by atoms with Crippen LogP contribution < -0.4 is 31.9 Å². The average Bonchev–Trinajstić information content (AvgIpc) is 3.86. The summed E-state index contributed by atoms with van der Waals surface area (Å²) in [6.45, 7) is 0. The fraction of sp³-hybridized carbons (Fsp3) is 0.212. The number of anilines is 1. The lowest BCUT2D eigenvalue weighted by atomic mass is 9.98. The maximum atomic E-state index is 14.7. The van der Waals surface area contributed by atoms with Gasteiger partial charge < -0.3 is 37.0 Å². The third-order valence-corrected chi connectivity index (χ3v) is 12.1. The van der Waals surface area contributed by atoms with E-state index in [4.69, 9.17) is 0 Å². The first-order valence-electron chi connectivity index (χ1n) is 21.9. The lowest BCUT2D eigenvalue weighted by Crippen LogP contribution is -2.58. The molecule has 7 N–H and O–H groups in total. The number of amides is 6. The quantitative estimate of drug-likeness (QED) is 0.0800. The molecule has 8 rings (SSSR count). The Kier molecular flexibility index (Phi) is 16.0. The highest BCUT2D eigenvalue weighted by molar-refractivity contribution is 7.09. The van der Waals surface area contributed by atoms with Gasteiger partial charge in [-0.25, -0.2) is 4.79 Å². The molecule has 2 aliphatic rings. The van der Waals surface area contributed by atoms with Gasteiger partial charge in [-0.3, -0.25) is 28.8 Å². The number of carboxylic acids is 1. The summed E-state index contributed by atoms with van der Waals surface area (Å²) >= 11 is 1.39. The number of hydrogen-bond acceptors (Lipinski definition) is 8. The molecule has 6 aromatic rings. The van der Waals surface area contributed by atoms with E-state index in [2.05, 4.69) is 31.9 Å². The summed E-state index contributed by atoms with van der Waals surface area (Å²) in [6, 6.07) is 38.0. The normalized spacial score (nSPS) is 18.8. The van der Waals surface area contributed by atoms with E-state index in [1.54, 1.807) is 60.7 Å². The Morgan fingerprint density at radius 2 is 1.07 bits per heavy atom. The number of aliphatic carboxylic acids is 1. The van der Waals surface area contributed by atoms with E-state index in [-0.39, 0.29) is 44.1 Å². The van der Waals surface area contributed by atoms with Crippen LogP contribution in [0.15, 0.2) is 157 Å². The topological polar surface area (TPSA) is 212 Å². The number of thiophene rings is 1. The first kappa shape index (κ1) is 47.1. The number of benzene rings is 5. The van der Waals surface area contributed by atoms with Crippen molar-refractivity contribution in [3.05, 3.63) is 184 Å². The number of rotatable bonds is 12. The molecule has 0 spiro atoms. The van der Waals surface area contributed by atoms with Crippen LogP contribution in [0.1, 0.15) is 46.0 Å². The van der Waals surface area contributed by atoms with Gasteiger partial charge in [-0.05, 0) is 57.0 Å². The van der Waals surface area contributed by atoms with Crippen LogP contribution in [-0.4, -0.2) is 70.7 Å². The highest BCUT2D eigenvalue weighted by Gasteiger charge is 2.34. The Bertz CT molecular complexity index is 2650. The van der Waals surface area contributed by atoms with Crippen molar-refractivity contribution in [3.8, 4) is 11.1 Å². The molecule has 0 radical (unpaired) electrons. The van der Waals surface area contributed by atoms with Crippen molar-refractivity contribution in [1.29, 1.82) is 0 Å². The van der Waals surface area contributed by atoms with Gasteiger partial charge in [0.2, 0.25) is 35.4 Å². The minimum atomic E-state index is -1.48. The van der Waals surface area contributed by atoms with Crippen molar-refractivity contribution < 1.29 is 38.7 Å². The lowest BCUT2D eigenvalue weighted by Gasteiger charge is -2.27. The second-order valence-corrected chi connectivity index (χ2v) is 17.2. The van der Waals surface area contributed by atoms with Crippen LogP contribution in [0.4, 0.5) is 5.69 Å². The van der Waals surface area contributed by atoms with Crippen molar-refractivity contribution in [2.45, 2.75) is 68.7 Å². The third-order valence-electron chi connectivity index (χ3n) is 11.2. The number of carboxylic acid groups (broad SMARTS) is 1. The first-order chi connectivity index (χ1) is 32.5. The lowest BCUT2D eigenvalue weighted by molar-refractivity contribution is -0.142. The number of fused-ring (bicyclic) bond motifs is 17. The minimum Gasteiger partial charge on any atom is -0.480 e. The zero-order chi connectivity index (χ0) is 47.1. The predicted molar refractivity (Wildman–Crippen MR) is 254 cm³/mol. The van der Waals surface area contributed by atoms with E-state index >= 15 is 0 Å². The van der Waals surface area contributed by atoms with Crippen LogP contribution in [-0.2, 0) is 59.2 Å². The highest BCUT2D eigenvalue weighted by atomic mass is 32.1. The Morgan fingerprint density at radius 1 is 0.552 bits per heavy atom. The van der Waals surface area contributed by atoms with E-state index in [1.165, 1.54) is 35.6 Å². The van der Waals surface area contributed by atoms with Crippen molar-refractivity contribution in [2.24, 2.45) is 0 Å². The minimum absolute atomic E-state index is 0.0124. The molecule has 6 amide bonds. The Balaban J connectivity index is 1.24. The number of carbonyl (C=O) groups excluding carboxylic acids is 6. The van der Waals surface area contributed by atoms with Crippen LogP contribution in [0.3, 0.4) is 0 Å². The molecule has 3 heterocycles. The highest BCUT2D eigenvalue weighted by Crippen LogP contribution is 2.22. The summed E-state index contributed by atoms with van der Waals surface area (Å²) in [5, 5.41) is 28.6. The Labute approximate surface area is 391 Å². The number of hydrogen-bond donors (Lipinski definition) is 7. The summed E-state index contributed by atoms with van der Waals surface area (Å²) in [7, 11) is 0. The van der Waals surface area contributed by atoms with Gasteiger partial charge in [0.05, 0.1) is 0 Å².